The molecule has 1 heterocycles. The van der Waals surface area contributed by atoms with Gasteiger partial charge in [-0.2, -0.15) is 0 Å². The van der Waals surface area contributed by atoms with E-state index in [0.29, 0.717) is 23.7 Å². The van der Waals surface area contributed by atoms with E-state index in [4.69, 9.17) is 16.3 Å². The Morgan fingerprint density at radius 2 is 2.33 bits per heavy atom. The Hall–Kier alpha value is -1.22. The number of methoxy groups -OCH3 is 1. The minimum Gasteiger partial charge on any atom is -0.495 e. The first-order valence-corrected chi connectivity index (χ1v) is 5.18. The lowest BCUT2D eigenvalue weighted by Gasteiger charge is -2.10. The van der Waals surface area contributed by atoms with Crippen LogP contribution >= 0.6 is 11.6 Å². The van der Waals surface area contributed by atoms with Crippen LogP contribution in [-0.4, -0.2) is 19.6 Å². The van der Waals surface area contributed by atoms with Crippen LogP contribution in [0.4, 0.5) is 0 Å². The van der Waals surface area contributed by atoms with Gasteiger partial charge in [-0.25, -0.2) is 0 Å². The summed E-state index contributed by atoms with van der Waals surface area (Å²) < 4.78 is 5.13. The first-order valence-electron chi connectivity index (χ1n) is 4.81. The summed E-state index contributed by atoms with van der Waals surface area (Å²) in [4.78, 5) is 11.1. The number of nitrogens with one attached hydrogen (secondary N) is 1. The fourth-order valence-corrected chi connectivity index (χ4v) is 1.97. The quantitative estimate of drug-likeness (QED) is 0.836. The highest BCUT2D eigenvalue weighted by Gasteiger charge is 2.23. The van der Waals surface area contributed by atoms with Crippen molar-refractivity contribution in [3.05, 3.63) is 28.8 Å². The van der Waals surface area contributed by atoms with Crippen molar-refractivity contribution in [3.63, 3.8) is 0 Å². The summed E-state index contributed by atoms with van der Waals surface area (Å²) in [7, 11) is 1.59. The van der Waals surface area contributed by atoms with Crippen molar-refractivity contribution in [1.29, 1.82) is 0 Å². The van der Waals surface area contributed by atoms with Crippen molar-refractivity contribution >= 4 is 17.5 Å². The van der Waals surface area contributed by atoms with E-state index in [9.17, 15) is 4.79 Å². The number of carbonyl (C=O) groups excluding carboxylic acids is 1. The van der Waals surface area contributed by atoms with Crippen LogP contribution in [0.25, 0.3) is 0 Å². The first-order chi connectivity index (χ1) is 7.20. The van der Waals surface area contributed by atoms with Gasteiger partial charge < -0.3 is 10.1 Å². The summed E-state index contributed by atoms with van der Waals surface area (Å²) in [5, 5.41) is 3.40. The normalized spacial score (nSPS) is 20.1. The zero-order valence-corrected chi connectivity index (χ0v) is 9.17. The number of hydrogen-bond acceptors (Lipinski definition) is 2. The SMILES string of the molecule is COc1cc([C@H]2CNC(=O)C2)ccc1Cl. The van der Waals surface area contributed by atoms with Crippen LogP contribution in [0.1, 0.15) is 17.9 Å². The zero-order valence-electron chi connectivity index (χ0n) is 8.42. The van der Waals surface area contributed by atoms with Gasteiger partial charge in [0.05, 0.1) is 12.1 Å². The fourth-order valence-electron chi connectivity index (χ4n) is 1.77. The molecule has 3 nitrogen and oxygen atoms in total. The summed E-state index contributed by atoms with van der Waals surface area (Å²) in [5.41, 5.74) is 1.09. The Labute approximate surface area is 93.4 Å². The van der Waals surface area contributed by atoms with Gasteiger partial charge in [0.1, 0.15) is 5.75 Å². The third-order valence-electron chi connectivity index (χ3n) is 2.62. The molecule has 2 rings (SSSR count). The molecule has 1 atom stereocenters. The lowest BCUT2D eigenvalue weighted by atomic mass is 9.98. The minimum absolute atomic E-state index is 0.105. The molecule has 0 unspecified atom stereocenters. The van der Waals surface area contributed by atoms with Crippen LogP contribution < -0.4 is 10.1 Å². The number of hydrogen-bond donors (Lipinski definition) is 1. The molecule has 0 bridgehead atoms. The smallest absolute Gasteiger partial charge is 0.220 e. The second kappa shape index (κ2) is 4.11. The predicted molar refractivity (Wildman–Crippen MR) is 58.4 cm³/mol. The van der Waals surface area contributed by atoms with Gasteiger partial charge >= 0.3 is 0 Å². The molecule has 0 saturated carbocycles. The van der Waals surface area contributed by atoms with Gasteiger partial charge in [-0.1, -0.05) is 17.7 Å². The Kier molecular flexibility index (Phi) is 2.82. The monoisotopic (exact) mass is 225 g/mol. The number of carbonyl (C=O) groups is 1. The number of amides is 1. The zero-order chi connectivity index (χ0) is 10.8. The molecule has 0 spiro atoms. The van der Waals surface area contributed by atoms with E-state index in [1.165, 1.54) is 0 Å². The predicted octanol–water partition coefficient (Wildman–Crippen LogP) is 1.95. The summed E-state index contributed by atoms with van der Waals surface area (Å²) in [6, 6.07) is 5.64. The molecule has 1 aromatic carbocycles. The molecular formula is C11H12ClNO2. The van der Waals surface area contributed by atoms with E-state index < -0.39 is 0 Å². The maximum absolute atomic E-state index is 11.1. The Balaban J connectivity index is 2.25. The number of benzene rings is 1. The van der Waals surface area contributed by atoms with E-state index in [2.05, 4.69) is 5.32 Å². The fraction of sp³-hybridized carbons (Fsp3) is 0.364. The van der Waals surface area contributed by atoms with Gasteiger partial charge in [-0.15, -0.1) is 0 Å². The van der Waals surface area contributed by atoms with Crippen molar-refractivity contribution in [2.24, 2.45) is 0 Å². The second-order valence-corrected chi connectivity index (χ2v) is 4.01. The molecular weight excluding hydrogens is 214 g/mol. The average Bonchev–Trinajstić information content (AvgIpc) is 2.66. The highest BCUT2D eigenvalue weighted by atomic mass is 35.5. The van der Waals surface area contributed by atoms with Gasteiger partial charge in [0, 0.05) is 18.9 Å². The molecule has 1 aliphatic rings. The van der Waals surface area contributed by atoms with Crippen LogP contribution in [-0.2, 0) is 4.79 Å². The van der Waals surface area contributed by atoms with E-state index in [0.717, 1.165) is 5.56 Å². The average molecular weight is 226 g/mol. The van der Waals surface area contributed by atoms with Crippen molar-refractivity contribution in [1.82, 2.24) is 5.32 Å². The highest BCUT2D eigenvalue weighted by Crippen LogP contribution is 2.30. The first kappa shape index (κ1) is 10.3. The molecule has 1 aliphatic heterocycles. The van der Waals surface area contributed by atoms with Crippen molar-refractivity contribution < 1.29 is 9.53 Å². The maximum atomic E-state index is 11.1. The summed E-state index contributed by atoms with van der Waals surface area (Å²) >= 11 is 5.92. The molecule has 1 N–H and O–H groups in total. The number of halogens is 1. The third-order valence-corrected chi connectivity index (χ3v) is 2.94. The standard InChI is InChI=1S/C11H12ClNO2/c1-15-10-4-7(2-3-9(10)12)8-5-11(14)13-6-8/h2-4,8H,5-6H2,1H3,(H,13,14)/t8-/m1/s1. The van der Waals surface area contributed by atoms with Gasteiger partial charge in [-0.3, -0.25) is 4.79 Å². The summed E-state index contributed by atoms with van der Waals surface area (Å²) in [5.74, 6) is 1.01. The molecule has 15 heavy (non-hydrogen) atoms. The van der Waals surface area contributed by atoms with Crippen LogP contribution in [0, 0.1) is 0 Å². The van der Waals surface area contributed by atoms with E-state index in [1.807, 2.05) is 12.1 Å². The van der Waals surface area contributed by atoms with Crippen LogP contribution in [0.15, 0.2) is 18.2 Å². The maximum Gasteiger partial charge on any atom is 0.220 e. The van der Waals surface area contributed by atoms with E-state index in [1.54, 1.807) is 13.2 Å². The summed E-state index contributed by atoms with van der Waals surface area (Å²) in [6.07, 6.45) is 0.546. The molecule has 80 valence electrons. The van der Waals surface area contributed by atoms with Crippen molar-refractivity contribution in [2.75, 3.05) is 13.7 Å². The van der Waals surface area contributed by atoms with E-state index >= 15 is 0 Å². The molecule has 4 heteroatoms. The van der Waals surface area contributed by atoms with Gasteiger partial charge in [-0.05, 0) is 17.7 Å². The molecule has 1 fully saturated rings. The van der Waals surface area contributed by atoms with Gasteiger partial charge in [0.2, 0.25) is 5.91 Å². The molecule has 0 radical (unpaired) electrons. The largest absolute Gasteiger partial charge is 0.495 e. The minimum atomic E-state index is 0.105. The van der Waals surface area contributed by atoms with Crippen molar-refractivity contribution in [3.8, 4) is 5.75 Å². The lowest BCUT2D eigenvalue weighted by molar-refractivity contribution is -0.119. The summed E-state index contributed by atoms with van der Waals surface area (Å²) in [6.45, 7) is 0.698. The van der Waals surface area contributed by atoms with Crippen LogP contribution in [0.3, 0.4) is 0 Å². The molecule has 0 aliphatic carbocycles. The van der Waals surface area contributed by atoms with Crippen LogP contribution in [0.2, 0.25) is 5.02 Å². The number of rotatable bonds is 2. The Morgan fingerprint density at radius 1 is 1.53 bits per heavy atom. The topological polar surface area (TPSA) is 38.3 Å². The lowest BCUT2D eigenvalue weighted by Crippen LogP contribution is -2.13. The second-order valence-electron chi connectivity index (χ2n) is 3.60. The van der Waals surface area contributed by atoms with Crippen molar-refractivity contribution in [2.45, 2.75) is 12.3 Å². The molecule has 0 aromatic heterocycles. The Bertz CT molecular complexity index is 392. The highest BCUT2D eigenvalue weighted by molar-refractivity contribution is 6.32. The number of ether oxygens (including phenoxy) is 1. The molecule has 1 saturated heterocycles. The van der Waals surface area contributed by atoms with Gasteiger partial charge in [0.15, 0.2) is 0 Å². The Morgan fingerprint density at radius 3 is 2.93 bits per heavy atom. The van der Waals surface area contributed by atoms with Crippen LogP contribution in [0.5, 0.6) is 5.75 Å². The molecule has 1 aromatic rings. The molecule has 1 amide bonds. The van der Waals surface area contributed by atoms with Gasteiger partial charge in [0.25, 0.3) is 0 Å². The van der Waals surface area contributed by atoms with E-state index in [-0.39, 0.29) is 11.8 Å². The third kappa shape index (κ3) is 2.07.